The molecule has 0 heterocycles. The normalized spacial score (nSPS) is 10.5. The molecule has 3 nitrogen and oxygen atoms in total. The Bertz CT molecular complexity index is 457. The number of amides is 1. The standard InChI is InChI=1S/C13H14ClNO2/c1-5-15(12(16)17-13(2,3)4)11-8-6-7-10(14)9-11/h1,6-9H,2-4H3. The predicted octanol–water partition coefficient (Wildman–Crippen LogP) is 3.67. The molecule has 0 spiro atoms. The van der Waals surface area contributed by atoms with E-state index >= 15 is 0 Å². The molecular formula is C13H14ClNO2. The molecule has 0 fully saturated rings. The Morgan fingerprint density at radius 3 is 2.59 bits per heavy atom. The van der Waals surface area contributed by atoms with Gasteiger partial charge in [0, 0.05) is 11.1 Å². The number of hydrogen-bond donors (Lipinski definition) is 0. The molecule has 0 N–H and O–H groups in total. The molecule has 0 atom stereocenters. The van der Waals surface area contributed by atoms with Crippen molar-refractivity contribution >= 4 is 23.4 Å². The summed E-state index contributed by atoms with van der Waals surface area (Å²) >= 11 is 5.84. The zero-order valence-electron chi connectivity index (χ0n) is 10.0. The molecule has 1 rings (SSSR count). The average molecular weight is 252 g/mol. The lowest BCUT2D eigenvalue weighted by molar-refractivity contribution is 0.0600. The maximum Gasteiger partial charge on any atom is 0.426 e. The van der Waals surface area contributed by atoms with Crippen molar-refractivity contribution in [1.82, 2.24) is 0 Å². The number of anilines is 1. The van der Waals surface area contributed by atoms with E-state index in [2.05, 4.69) is 6.04 Å². The van der Waals surface area contributed by atoms with Gasteiger partial charge in [0.1, 0.15) is 5.60 Å². The third-order valence-corrected chi connectivity index (χ3v) is 2.01. The third kappa shape index (κ3) is 4.01. The van der Waals surface area contributed by atoms with Gasteiger partial charge in [-0.3, -0.25) is 0 Å². The van der Waals surface area contributed by atoms with Gasteiger partial charge in [-0.15, -0.1) is 0 Å². The van der Waals surface area contributed by atoms with Crippen LogP contribution in [0.3, 0.4) is 0 Å². The average Bonchev–Trinajstić information content (AvgIpc) is 2.15. The van der Waals surface area contributed by atoms with E-state index in [9.17, 15) is 4.79 Å². The van der Waals surface area contributed by atoms with Crippen LogP contribution in [0.1, 0.15) is 20.8 Å². The molecule has 4 heteroatoms. The summed E-state index contributed by atoms with van der Waals surface area (Å²) in [4.78, 5) is 12.9. The first-order valence-corrected chi connectivity index (χ1v) is 5.46. The van der Waals surface area contributed by atoms with Gasteiger partial charge in [0.05, 0.1) is 5.69 Å². The molecule has 0 aliphatic rings. The number of terminal acetylenes is 1. The molecule has 0 aliphatic heterocycles. The molecule has 0 saturated carbocycles. The van der Waals surface area contributed by atoms with Gasteiger partial charge in [0.25, 0.3) is 0 Å². The minimum atomic E-state index is -0.595. The third-order valence-electron chi connectivity index (χ3n) is 1.77. The first kappa shape index (κ1) is 13.4. The van der Waals surface area contributed by atoms with Crippen molar-refractivity contribution in [3.05, 3.63) is 29.3 Å². The van der Waals surface area contributed by atoms with Gasteiger partial charge in [-0.1, -0.05) is 24.1 Å². The second-order valence-corrected chi connectivity index (χ2v) is 4.86. The van der Waals surface area contributed by atoms with Gasteiger partial charge >= 0.3 is 6.09 Å². The van der Waals surface area contributed by atoms with Crippen LogP contribution in [0.25, 0.3) is 0 Å². The van der Waals surface area contributed by atoms with Crippen LogP contribution in [0.5, 0.6) is 0 Å². The Hall–Kier alpha value is -1.66. The second-order valence-electron chi connectivity index (χ2n) is 4.42. The second kappa shape index (κ2) is 5.11. The number of carbonyl (C=O) groups excluding carboxylic acids is 1. The highest BCUT2D eigenvalue weighted by molar-refractivity contribution is 6.30. The lowest BCUT2D eigenvalue weighted by Crippen LogP contribution is -2.33. The van der Waals surface area contributed by atoms with Gasteiger partial charge in [0.15, 0.2) is 0 Å². The lowest BCUT2D eigenvalue weighted by Gasteiger charge is -2.23. The summed E-state index contributed by atoms with van der Waals surface area (Å²) in [7, 11) is 0. The molecule has 1 amide bonds. The van der Waals surface area contributed by atoms with Crippen molar-refractivity contribution in [3.8, 4) is 12.5 Å². The van der Waals surface area contributed by atoms with E-state index in [1.807, 2.05) is 0 Å². The van der Waals surface area contributed by atoms with Crippen LogP contribution in [0.15, 0.2) is 24.3 Å². The summed E-state index contributed by atoms with van der Waals surface area (Å²) in [6, 6.07) is 8.98. The highest BCUT2D eigenvalue weighted by Gasteiger charge is 2.22. The number of carbonyl (C=O) groups is 1. The summed E-state index contributed by atoms with van der Waals surface area (Å²) in [6.45, 7) is 5.33. The number of halogens is 1. The van der Waals surface area contributed by atoms with E-state index in [-0.39, 0.29) is 0 Å². The van der Waals surface area contributed by atoms with Gasteiger partial charge in [-0.2, -0.15) is 0 Å². The van der Waals surface area contributed by atoms with E-state index in [0.29, 0.717) is 10.7 Å². The summed E-state index contributed by atoms with van der Waals surface area (Å²) in [5.41, 5.74) is -0.0839. The van der Waals surface area contributed by atoms with Gasteiger partial charge in [-0.25, -0.2) is 9.69 Å². The minimum absolute atomic E-state index is 0.506. The summed E-state index contributed by atoms with van der Waals surface area (Å²) in [5, 5.41) is 0.506. The number of rotatable bonds is 1. The molecular weight excluding hydrogens is 238 g/mol. The quantitative estimate of drug-likeness (QED) is 0.563. The van der Waals surface area contributed by atoms with Crippen LogP contribution in [-0.4, -0.2) is 11.7 Å². The first-order chi connectivity index (χ1) is 7.83. The predicted molar refractivity (Wildman–Crippen MR) is 69.0 cm³/mol. The monoisotopic (exact) mass is 251 g/mol. The van der Waals surface area contributed by atoms with Gasteiger partial charge in [0.2, 0.25) is 0 Å². The first-order valence-electron chi connectivity index (χ1n) is 5.08. The highest BCUT2D eigenvalue weighted by Crippen LogP contribution is 2.21. The largest absolute Gasteiger partial charge is 0.443 e. The molecule has 17 heavy (non-hydrogen) atoms. The summed E-state index contributed by atoms with van der Waals surface area (Å²) in [6.07, 6.45) is 4.71. The number of benzene rings is 1. The van der Waals surface area contributed by atoms with Crippen molar-refractivity contribution in [2.45, 2.75) is 26.4 Å². The fourth-order valence-electron chi connectivity index (χ4n) is 1.16. The molecule has 0 saturated heterocycles. The van der Waals surface area contributed by atoms with Crippen LogP contribution in [0.4, 0.5) is 10.5 Å². The fraction of sp³-hybridized carbons (Fsp3) is 0.308. The fourth-order valence-corrected chi connectivity index (χ4v) is 1.34. The van der Waals surface area contributed by atoms with Crippen molar-refractivity contribution in [2.24, 2.45) is 0 Å². The van der Waals surface area contributed by atoms with E-state index < -0.39 is 11.7 Å². The van der Waals surface area contributed by atoms with Gasteiger partial charge < -0.3 is 4.74 Å². The zero-order valence-corrected chi connectivity index (χ0v) is 10.8. The van der Waals surface area contributed by atoms with E-state index in [1.54, 1.807) is 45.0 Å². The Kier molecular flexibility index (Phi) is 4.03. The Morgan fingerprint density at radius 1 is 1.47 bits per heavy atom. The molecule has 0 radical (unpaired) electrons. The zero-order chi connectivity index (χ0) is 13.1. The number of hydrogen-bond acceptors (Lipinski definition) is 2. The van der Waals surface area contributed by atoms with Crippen LogP contribution >= 0.6 is 11.6 Å². The highest BCUT2D eigenvalue weighted by atomic mass is 35.5. The van der Waals surface area contributed by atoms with Crippen LogP contribution in [0, 0.1) is 12.5 Å². The maximum absolute atomic E-state index is 11.8. The molecule has 1 aromatic rings. The van der Waals surface area contributed by atoms with Gasteiger partial charge in [-0.05, 0) is 39.0 Å². The molecule has 0 bridgehead atoms. The Morgan fingerprint density at radius 2 is 2.12 bits per heavy atom. The number of ether oxygens (including phenoxy) is 1. The van der Waals surface area contributed by atoms with Crippen LogP contribution in [0.2, 0.25) is 5.02 Å². The van der Waals surface area contributed by atoms with Crippen molar-refractivity contribution in [2.75, 3.05) is 4.90 Å². The molecule has 0 unspecified atom stereocenters. The SMILES string of the molecule is C#CN(C(=O)OC(C)(C)C)c1cccc(Cl)c1. The summed E-state index contributed by atoms with van der Waals surface area (Å²) in [5.74, 6) is 0. The van der Waals surface area contributed by atoms with Crippen LogP contribution < -0.4 is 4.90 Å². The van der Waals surface area contributed by atoms with Crippen molar-refractivity contribution in [3.63, 3.8) is 0 Å². The maximum atomic E-state index is 11.8. The molecule has 0 aromatic heterocycles. The van der Waals surface area contributed by atoms with Crippen molar-refractivity contribution in [1.29, 1.82) is 0 Å². The van der Waals surface area contributed by atoms with E-state index in [4.69, 9.17) is 22.8 Å². The smallest absolute Gasteiger partial charge is 0.426 e. The summed E-state index contributed by atoms with van der Waals surface area (Å²) < 4.78 is 5.19. The Balaban J connectivity index is 2.94. The molecule has 0 aliphatic carbocycles. The molecule has 90 valence electrons. The topological polar surface area (TPSA) is 29.5 Å². The molecule has 1 aromatic carbocycles. The van der Waals surface area contributed by atoms with Crippen LogP contribution in [-0.2, 0) is 4.74 Å². The van der Waals surface area contributed by atoms with E-state index in [0.717, 1.165) is 4.90 Å². The van der Waals surface area contributed by atoms with Crippen molar-refractivity contribution < 1.29 is 9.53 Å². The Labute approximate surface area is 106 Å². The van der Waals surface area contributed by atoms with E-state index in [1.165, 1.54) is 0 Å². The lowest BCUT2D eigenvalue weighted by atomic mass is 10.2. The minimum Gasteiger partial charge on any atom is -0.443 e. The number of nitrogens with zero attached hydrogens (tertiary/aromatic N) is 1.